The lowest BCUT2D eigenvalue weighted by atomic mass is 9.80. The monoisotopic (exact) mass is 421 g/mol. The Balaban J connectivity index is 1.73. The van der Waals surface area contributed by atoms with Crippen molar-refractivity contribution < 1.29 is 14.3 Å². The van der Waals surface area contributed by atoms with Gasteiger partial charge in [-0.2, -0.15) is 4.68 Å². The number of nitrogens with zero attached hydrogens (tertiary/aromatic N) is 4. The van der Waals surface area contributed by atoms with Gasteiger partial charge in [0.15, 0.2) is 5.82 Å². The zero-order valence-corrected chi connectivity index (χ0v) is 17.9. The molecule has 8 nitrogen and oxygen atoms in total. The zero-order valence-electron chi connectivity index (χ0n) is 17.9. The summed E-state index contributed by atoms with van der Waals surface area (Å²) in [5.41, 5.74) is 1.73. The number of benzene rings is 2. The Morgan fingerprint density at radius 2 is 1.94 bits per heavy atom. The van der Waals surface area contributed by atoms with Crippen LogP contribution >= 0.6 is 0 Å². The largest absolute Gasteiger partial charge is 0.497 e. The molecule has 0 unspecified atom stereocenters. The Labute approximate surface area is 181 Å². The molecule has 1 aliphatic carbocycles. The average molecular weight is 422 g/mol. The molecule has 1 aromatic heterocycles. The van der Waals surface area contributed by atoms with Crippen molar-refractivity contribution in [1.82, 2.24) is 20.2 Å². The number of methoxy groups -OCH3 is 1. The number of carbonyl (C=O) groups excluding carboxylic acids is 1. The fourth-order valence-electron chi connectivity index (χ4n) is 4.18. The molecule has 0 saturated heterocycles. The van der Waals surface area contributed by atoms with Gasteiger partial charge in [-0.05, 0) is 60.5 Å². The van der Waals surface area contributed by atoms with Crippen molar-refractivity contribution in [3.63, 3.8) is 0 Å². The maximum Gasteiger partial charge on any atom is 0.338 e. The number of hydrogen-bond acceptors (Lipinski definition) is 7. The number of aromatic nitrogens is 4. The van der Waals surface area contributed by atoms with Crippen LogP contribution in [-0.4, -0.2) is 39.9 Å². The van der Waals surface area contributed by atoms with Crippen LogP contribution in [0, 0.1) is 0 Å². The number of hydrogen-bond donors (Lipinski definition) is 1. The van der Waals surface area contributed by atoms with Gasteiger partial charge in [-0.15, -0.1) is 5.10 Å². The summed E-state index contributed by atoms with van der Waals surface area (Å²) in [7, 11) is 1.66. The Morgan fingerprint density at radius 1 is 1.13 bits per heavy atom. The lowest BCUT2D eigenvalue weighted by Crippen LogP contribution is -2.40. The van der Waals surface area contributed by atoms with E-state index in [1.807, 2.05) is 36.4 Å². The van der Waals surface area contributed by atoms with Gasteiger partial charge in [-0.25, -0.2) is 4.79 Å². The number of carbonyl (C=O) groups is 1. The van der Waals surface area contributed by atoms with Crippen LogP contribution in [0.2, 0.25) is 0 Å². The van der Waals surface area contributed by atoms with Crippen LogP contribution in [0.1, 0.15) is 55.2 Å². The number of anilines is 1. The second-order valence-electron chi connectivity index (χ2n) is 7.68. The van der Waals surface area contributed by atoms with Crippen LogP contribution in [0.4, 0.5) is 5.69 Å². The molecular weight excluding hydrogens is 394 g/mol. The molecule has 3 aromatic rings. The summed E-state index contributed by atoms with van der Waals surface area (Å²) in [5.74, 6) is 1.16. The van der Waals surface area contributed by atoms with Crippen LogP contribution in [0.25, 0.3) is 5.69 Å². The Morgan fingerprint density at radius 3 is 2.71 bits per heavy atom. The highest BCUT2D eigenvalue weighted by Crippen LogP contribution is 2.40. The zero-order chi connectivity index (χ0) is 21.7. The van der Waals surface area contributed by atoms with Gasteiger partial charge in [-0.3, -0.25) is 0 Å². The van der Waals surface area contributed by atoms with Crippen LogP contribution in [-0.2, 0) is 10.3 Å². The first kappa shape index (κ1) is 20.8. The van der Waals surface area contributed by atoms with E-state index >= 15 is 0 Å². The molecule has 8 heteroatoms. The number of nitrogens with one attached hydrogen (secondary N) is 1. The van der Waals surface area contributed by atoms with Crippen LogP contribution < -0.4 is 10.1 Å². The van der Waals surface area contributed by atoms with E-state index in [1.165, 1.54) is 6.42 Å². The molecular formula is C23H27N5O3. The molecule has 0 spiro atoms. The third kappa shape index (κ3) is 4.38. The Bertz CT molecular complexity index is 1040. The molecule has 4 rings (SSSR count). The minimum atomic E-state index is -0.423. The fraction of sp³-hybridized carbons (Fsp3) is 0.391. The molecule has 1 heterocycles. The average Bonchev–Trinajstić information content (AvgIpc) is 3.31. The van der Waals surface area contributed by atoms with Crippen LogP contribution in [0.3, 0.4) is 0 Å². The molecule has 0 bridgehead atoms. The molecule has 1 saturated carbocycles. The van der Waals surface area contributed by atoms with Crippen LogP contribution in [0.15, 0.2) is 48.5 Å². The van der Waals surface area contributed by atoms with E-state index in [9.17, 15) is 4.79 Å². The molecule has 162 valence electrons. The molecule has 31 heavy (non-hydrogen) atoms. The van der Waals surface area contributed by atoms with Crippen molar-refractivity contribution in [3.8, 4) is 11.4 Å². The number of ether oxygens (including phenoxy) is 2. The van der Waals surface area contributed by atoms with Crippen LogP contribution in [0.5, 0.6) is 5.75 Å². The highest BCUT2D eigenvalue weighted by Gasteiger charge is 2.39. The molecule has 1 N–H and O–H groups in total. The number of rotatable bonds is 7. The van der Waals surface area contributed by atoms with Gasteiger partial charge in [0, 0.05) is 11.8 Å². The van der Waals surface area contributed by atoms with E-state index in [4.69, 9.17) is 9.47 Å². The van der Waals surface area contributed by atoms with E-state index in [-0.39, 0.29) is 5.97 Å². The summed E-state index contributed by atoms with van der Waals surface area (Å²) in [4.78, 5) is 12.2. The third-order valence-corrected chi connectivity index (χ3v) is 5.66. The first-order valence-corrected chi connectivity index (χ1v) is 10.6. The minimum absolute atomic E-state index is 0.326. The first-order chi connectivity index (χ1) is 15.1. The Kier molecular flexibility index (Phi) is 6.16. The topological polar surface area (TPSA) is 91.2 Å². The summed E-state index contributed by atoms with van der Waals surface area (Å²) in [5, 5.41) is 16.4. The summed E-state index contributed by atoms with van der Waals surface area (Å²) in [6.45, 7) is 2.12. The van der Waals surface area contributed by atoms with E-state index in [2.05, 4.69) is 20.8 Å². The lowest BCUT2D eigenvalue weighted by molar-refractivity contribution is 0.0526. The van der Waals surface area contributed by atoms with E-state index in [0.29, 0.717) is 12.2 Å². The van der Waals surface area contributed by atoms with Gasteiger partial charge in [-0.1, -0.05) is 31.4 Å². The normalized spacial score (nSPS) is 15.3. The summed E-state index contributed by atoms with van der Waals surface area (Å²) >= 11 is 0. The second-order valence-corrected chi connectivity index (χ2v) is 7.68. The van der Waals surface area contributed by atoms with Crippen molar-refractivity contribution in [2.24, 2.45) is 0 Å². The minimum Gasteiger partial charge on any atom is -0.497 e. The van der Waals surface area contributed by atoms with Gasteiger partial charge in [0.25, 0.3) is 0 Å². The third-order valence-electron chi connectivity index (χ3n) is 5.66. The molecule has 1 aliphatic rings. The standard InChI is InChI=1S/C23H27N5O3/c1-3-31-21(29)17-9-7-11-19(15-17)28-22(25-26-27-28)23(13-5-4-6-14-23)24-18-10-8-12-20(16-18)30-2/h7-12,15-16,24H,3-6,13-14H2,1-2H3. The maximum atomic E-state index is 12.2. The molecule has 0 atom stereocenters. The highest BCUT2D eigenvalue weighted by molar-refractivity contribution is 5.90. The quantitative estimate of drug-likeness (QED) is 0.574. The van der Waals surface area contributed by atoms with Gasteiger partial charge in [0.1, 0.15) is 5.75 Å². The van der Waals surface area contributed by atoms with E-state index < -0.39 is 5.54 Å². The molecule has 0 aliphatic heterocycles. The molecule has 1 fully saturated rings. The van der Waals surface area contributed by atoms with E-state index in [1.54, 1.807) is 30.8 Å². The van der Waals surface area contributed by atoms with Crippen molar-refractivity contribution in [3.05, 3.63) is 59.9 Å². The van der Waals surface area contributed by atoms with E-state index in [0.717, 1.165) is 48.6 Å². The molecule has 2 aromatic carbocycles. The van der Waals surface area contributed by atoms with Gasteiger partial charge in [0.2, 0.25) is 0 Å². The van der Waals surface area contributed by atoms with Crippen molar-refractivity contribution in [1.29, 1.82) is 0 Å². The summed E-state index contributed by atoms with van der Waals surface area (Å²) in [6.07, 6.45) is 5.14. The highest BCUT2D eigenvalue weighted by atomic mass is 16.5. The summed E-state index contributed by atoms with van der Waals surface area (Å²) in [6, 6.07) is 15.1. The van der Waals surface area contributed by atoms with Gasteiger partial charge in [0.05, 0.1) is 30.5 Å². The number of esters is 1. The first-order valence-electron chi connectivity index (χ1n) is 10.6. The van der Waals surface area contributed by atoms with Crippen molar-refractivity contribution >= 4 is 11.7 Å². The second kappa shape index (κ2) is 9.16. The Hall–Kier alpha value is -3.42. The molecule has 0 amide bonds. The van der Waals surface area contributed by atoms with Crippen molar-refractivity contribution in [2.75, 3.05) is 19.0 Å². The van der Waals surface area contributed by atoms with Crippen molar-refractivity contribution in [2.45, 2.75) is 44.6 Å². The predicted octanol–water partition coefficient (Wildman–Crippen LogP) is 4.12. The smallest absolute Gasteiger partial charge is 0.338 e. The lowest BCUT2D eigenvalue weighted by Gasteiger charge is -2.37. The predicted molar refractivity (Wildman–Crippen MR) is 116 cm³/mol. The maximum absolute atomic E-state index is 12.2. The molecule has 0 radical (unpaired) electrons. The fourth-order valence-corrected chi connectivity index (χ4v) is 4.18. The van der Waals surface area contributed by atoms with Gasteiger partial charge >= 0.3 is 5.97 Å². The number of tetrazole rings is 1. The summed E-state index contributed by atoms with van der Waals surface area (Å²) < 4.78 is 12.3. The van der Waals surface area contributed by atoms with Gasteiger partial charge < -0.3 is 14.8 Å². The SMILES string of the molecule is CCOC(=O)c1cccc(-n2nnnc2C2(Nc3cccc(OC)c3)CCCCC2)c1.